The van der Waals surface area contributed by atoms with E-state index >= 15 is 0 Å². The highest BCUT2D eigenvalue weighted by Crippen LogP contribution is 2.24. The molecule has 3 heteroatoms. The zero-order valence-corrected chi connectivity index (χ0v) is 10.2. The molecule has 0 fully saturated rings. The van der Waals surface area contributed by atoms with Gasteiger partial charge in [0.25, 0.3) is 0 Å². The fourth-order valence-corrected chi connectivity index (χ4v) is 2.61. The van der Waals surface area contributed by atoms with Crippen molar-refractivity contribution in [2.45, 2.75) is 6.92 Å². The van der Waals surface area contributed by atoms with E-state index in [1.54, 1.807) is 6.07 Å². The quantitative estimate of drug-likeness (QED) is 0.607. The van der Waals surface area contributed by atoms with E-state index in [0.717, 1.165) is 16.3 Å². The Hall–Kier alpha value is -2.91. The Kier molecular flexibility index (Phi) is 2.24. The number of benzene rings is 2. The van der Waals surface area contributed by atoms with E-state index in [-0.39, 0.29) is 16.2 Å². The van der Waals surface area contributed by atoms with E-state index in [0.29, 0.717) is 10.8 Å². The molecule has 3 aromatic rings. The molecule has 0 aliphatic heterocycles. The van der Waals surface area contributed by atoms with Crippen LogP contribution in [0.25, 0.3) is 27.1 Å². The lowest BCUT2D eigenvalue weighted by molar-refractivity contribution is 1.49. The van der Waals surface area contributed by atoms with Crippen LogP contribution < -0.4 is 10.6 Å². The molecule has 0 spiro atoms. The van der Waals surface area contributed by atoms with Crippen LogP contribution in [-0.4, -0.2) is 0 Å². The molecule has 3 nitrogen and oxygen atoms in total. The Bertz CT molecular complexity index is 988. The van der Waals surface area contributed by atoms with Crippen LogP contribution in [0.1, 0.15) is 5.56 Å². The van der Waals surface area contributed by atoms with Crippen molar-refractivity contribution in [3.05, 3.63) is 51.3 Å². The van der Waals surface area contributed by atoms with Gasteiger partial charge in [0.15, 0.2) is 5.43 Å². The van der Waals surface area contributed by atoms with Crippen molar-refractivity contribution >= 4 is 27.1 Å². The molecule has 0 saturated heterocycles. The highest BCUT2D eigenvalue weighted by Gasteiger charge is 2.14. The van der Waals surface area contributed by atoms with Gasteiger partial charge in [-0.1, -0.05) is 30.3 Å². The van der Waals surface area contributed by atoms with Crippen molar-refractivity contribution in [3.8, 4) is 12.1 Å². The molecule has 0 aliphatic carbocycles. The normalized spacial score (nSPS) is 10.5. The molecular weight excluding hydrogens is 236 g/mol. The Balaban J connectivity index is 2.83. The molecule has 0 aliphatic rings. The van der Waals surface area contributed by atoms with Gasteiger partial charge in [0.2, 0.25) is 0 Å². The third-order valence-corrected chi connectivity index (χ3v) is 3.34. The van der Waals surface area contributed by atoms with Gasteiger partial charge >= 0.3 is 0 Å². The zero-order chi connectivity index (χ0) is 13.6. The van der Waals surface area contributed by atoms with Crippen molar-refractivity contribution in [1.29, 1.82) is 10.5 Å². The number of hydrogen-bond acceptors (Lipinski definition) is 3. The second-order valence-electron chi connectivity index (χ2n) is 4.52. The van der Waals surface area contributed by atoms with E-state index in [1.807, 2.05) is 43.3 Å². The Morgan fingerprint density at radius 3 is 2.53 bits per heavy atom. The van der Waals surface area contributed by atoms with Crippen LogP contribution in [0.2, 0.25) is 0 Å². The summed E-state index contributed by atoms with van der Waals surface area (Å²) in [6, 6.07) is 13.0. The van der Waals surface area contributed by atoms with E-state index in [1.165, 1.54) is 0 Å². The summed E-state index contributed by atoms with van der Waals surface area (Å²) in [5, 5.41) is 21.4. The van der Waals surface area contributed by atoms with Crippen molar-refractivity contribution in [2.24, 2.45) is 0 Å². The highest BCUT2D eigenvalue weighted by atomic mass is 16.1. The largest absolute Gasteiger partial charge is 0.288 e. The maximum absolute atomic E-state index is 12.4. The minimum atomic E-state index is -0.232. The van der Waals surface area contributed by atoms with Crippen molar-refractivity contribution in [3.63, 3.8) is 0 Å². The van der Waals surface area contributed by atoms with Crippen LogP contribution in [-0.2, 0) is 0 Å². The van der Waals surface area contributed by atoms with Gasteiger partial charge in [-0.3, -0.25) is 4.79 Å². The predicted octanol–water partition coefficient (Wildman–Crippen LogP) is 2.02. The smallest absolute Gasteiger partial charge is 0.196 e. The Labute approximate surface area is 108 Å². The maximum atomic E-state index is 12.4. The van der Waals surface area contributed by atoms with Crippen molar-refractivity contribution in [2.75, 3.05) is 0 Å². The molecule has 0 unspecified atom stereocenters. The minimum absolute atomic E-state index is 0.117. The zero-order valence-electron chi connectivity index (χ0n) is 10.2. The number of nitrogens with zero attached hydrogens (tertiary/aromatic N) is 2. The average molecular weight is 244 g/mol. The van der Waals surface area contributed by atoms with E-state index in [2.05, 4.69) is 0 Å². The lowest BCUT2D eigenvalue weighted by Gasteiger charge is -2.00. The minimum Gasteiger partial charge on any atom is -0.288 e. The summed E-state index contributed by atoms with van der Waals surface area (Å²) in [4.78, 5) is 12.4. The predicted molar refractivity (Wildman–Crippen MR) is 73.5 cm³/mol. The van der Waals surface area contributed by atoms with Crippen LogP contribution in [0.4, 0.5) is 0 Å². The number of hydrogen-bond donors (Lipinski definition) is 0. The number of nitriles is 2. The number of rotatable bonds is 0. The van der Waals surface area contributed by atoms with Crippen LogP contribution >= 0.6 is 0 Å². The fourth-order valence-electron chi connectivity index (χ4n) is 2.61. The van der Waals surface area contributed by atoms with Gasteiger partial charge in [0, 0.05) is 10.8 Å². The third kappa shape index (κ3) is 1.39. The summed E-state index contributed by atoms with van der Waals surface area (Å²) in [5.41, 5.74) is 0.652. The van der Waals surface area contributed by atoms with Gasteiger partial charge in [0.05, 0.1) is 5.22 Å². The lowest BCUT2D eigenvalue weighted by Crippen LogP contribution is -2.21. The third-order valence-electron chi connectivity index (χ3n) is 3.34. The molecular formula is C16H8N2O. The van der Waals surface area contributed by atoms with Gasteiger partial charge < -0.3 is 0 Å². The summed E-state index contributed by atoms with van der Waals surface area (Å²) < 4.78 is 0. The first-order valence-corrected chi connectivity index (χ1v) is 5.80. The van der Waals surface area contributed by atoms with Gasteiger partial charge in [-0.15, -0.1) is 0 Å². The van der Waals surface area contributed by atoms with Gasteiger partial charge in [0.1, 0.15) is 17.7 Å². The summed E-state index contributed by atoms with van der Waals surface area (Å²) in [5.74, 6) is 0. The summed E-state index contributed by atoms with van der Waals surface area (Å²) in [6.07, 6.45) is 0. The van der Waals surface area contributed by atoms with Crippen LogP contribution in [0, 0.1) is 29.6 Å². The van der Waals surface area contributed by atoms with E-state index in [9.17, 15) is 4.79 Å². The lowest BCUT2D eigenvalue weighted by atomic mass is 10.0. The topological polar surface area (TPSA) is 64.7 Å². The fraction of sp³-hybridized carbons (Fsp3) is 0.0625. The molecule has 3 aromatic carbocycles. The molecule has 88 valence electrons. The number of aryl methyl sites for hydroxylation is 1. The monoisotopic (exact) mass is 244 g/mol. The summed E-state index contributed by atoms with van der Waals surface area (Å²) >= 11 is 0. The average Bonchev–Trinajstić information content (AvgIpc) is 2.68. The second kappa shape index (κ2) is 3.80. The Morgan fingerprint density at radius 1 is 1.11 bits per heavy atom. The molecule has 0 N–H and O–H groups in total. The molecule has 19 heavy (non-hydrogen) atoms. The van der Waals surface area contributed by atoms with Crippen LogP contribution in [0.5, 0.6) is 0 Å². The van der Waals surface area contributed by atoms with E-state index in [4.69, 9.17) is 10.5 Å². The molecule has 0 radical (unpaired) electrons. The SMILES string of the molecule is Cc1cc2cccc3c(=O)c(=C(C#N)C#N)c(c1)c23. The molecule has 0 heterocycles. The second-order valence-corrected chi connectivity index (χ2v) is 4.52. The van der Waals surface area contributed by atoms with Gasteiger partial charge in [-0.05, 0) is 23.3 Å². The molecule has 0 aromatic heterocycles. The van der Waals surface area contributed by atoms with E-state index < -0.39 is 0 Å². The van der Waals surface area contributed by atoms with Crippen molar-refractivity contribution in [1.82, 2.24) is 0 Å². The summed E-state index contributed by atoms with van der Waals surface area (Å²) in [7, 11) is 0. The maximum Gasteiger partial charge on any atom is 0.196 e. The molecule has 0 bridgehead atoms. The first-order valence-electron chi connectivity index (χ1n) is 5.80. The van der Waals surface area contributed by atoms with Crippen molar-refractivity contribution < 1.29 is 0 Å². The highest BCUT2D eigenvalue weighted by molar-refractivity contribution is 6.13. The van der Waals surface area contributed by atoms with Gasteiger partial charge in [-0.2, -0.15) is 10.5 Å². The molecule has 0 saturated carbocycles. The van der Waals surface area contributed by atoms with Gasteiger partial charge in [-0.25, -0.2) is 0 Å². The molecule has 0 atom stereocenters. The molecule has 0 amide bonds. The first-order chi connectivity index (χ1) is 9.17. The van der Waals surface area contributed by atoms with Crippen LogP contribution in [0.15, 0.2) is 35.1 Å². The molecule has 3 rings (SSSR count). The standard InChI is InChI=1S/C16H8N2O/c1-9-5-10-3-2-4-12-14(10)13(6-9)15(16(12)19)11(7-17)8-18/h2-6H,1H3. The summed E-state index contributed by atoms with van der Waals surface area (Å²) in [6.45, 7) is 1.93. The first kappa shape index (κ1) is 11.2. The van der Waals surface area contributed by atoms with Crippen LogP contribution in [0.3, 0.4) is 0 Å². The Morgan fingerprint density at radius 2 is 1.84 bits per heavy atom.